The second-order valence-corrected chi connectivity index (χ2v) is 13.5. The number of hydrogen-bond acceptors (Lipinski definition) is 5. The van der Waals surface area contributed by atoms with Crippen molar-refractivity contribution in [2.75, 3.05) is 13.2 Å². The van der Waals surface area contributed by atoms with Crippen LogP contribution in [0.4, 0.5) is 0 Å². The zero-order valence-electron chi connectivity index (χ0n) is 29.2. The number of carbonyl (C=O) groups is 3. The van der Waals surface area contributed by atoms with Gasteiger partial charge in [-0.15, -0.1) is 0 Å². The molecule has 3 aliphatic rings. The van der Waals surface area contributed by atoms with Gasteiger partial charge in [-0.25, -0.2) is 0 Å². The molecular formula is C45H44O5. The molecule has 0 saturated heterocycles. The van der Waals surface area contributed by atoms with Crippen LogP contribution in [0.5, 0.6) is 0 Å². The summed E-state index contributed by atoms with van der Waals surface area (Å²) < 4.78 is 11.9. The maximum atomic E-state index is 16.7. The molecule has 7 rings (SSSR count). The molecule has 0 aliphatic heterocycles. The number of ether oxygens (including phenoxy) is 2. The number of esters is 2. The number of fused-ring (bicyclic) bond motifs is 3. The van der Waals surface area contributed by atoms with Gasteiger partial charge in [0.25, 0.3) is 0 Å². The van der Waals surface area contributed by atoms with Crippen LogP contribution in [-0.4, -0.2) is 30.9 Å². The number of Topliss-reactive ketones (excluding diaryl/α,β-unsaturated/α-hetero) is 1. The molecule has 6 unspecified atom stereocenters. The molecular weight excluding hydrogens is 620 g/mol. The molecule has 6 atom stereocenters. The largest absolute Gasteiger partial charge is 0.466 e. The SMILES string of the molecule is CC/C=C1\C(C(=O)OCC)C(CC)C12C(C(=O)OCC)C1(c3ccccc3)C(=O)C2(c2ccccc2)C(c2ccccc2)=C1c1ccccc1. The van der Waals surface area contributed by atoms with Crippen molar-refractivity contribution in [3.05, 3.63) is 155 Å². The molecule has 4 aromatic rings. The third kappa shape index (κ3) is 4.15. The molecule has 2 bridgehead atoms. The van der Waals surface area contributed by atoms with Gasteiger partial charge in [-0.3, -0.25) is 14.4 Å². The van der Waals surface area contributed by atoms with Crippen LogP contribution in [0, 0.1) is 23.2 Å². The van der Waals surface area contributed by atoms with E-state index in [1.165, 1.54) is 0 Å². The normalized spacial score (nSPS) is 28.9. The van der Waals surface area contributed by atoms with Crippen molar-refractivity contribution in [1.29, 1.82) is 0 Å². The molecule has 0 N–H and O–H groups in total. The van der Waals surface area contributed by atoms with E-state index < -0.39 is 40.0 Å². The van der Waals surface area contributed by atoms with Gasteiger partial charge in [0.05, 0.1) is 35.9 Å². The van der Waals surface area contributed by atoms with Gasteiger partial charge < -0.3 is 9.47 Å². The Balaban J connectivity index is 1.78. The summed E-state index contributed by atoms with van der Waals surface area (Å²) in [6.07, 6.45) is 3.27. The van der Waals surface area contributed by atoms with Crippen molar-refractivity contribution < 1.29 is 23.9 Å². The second-order valence-electron chi connectivity index (χ2n) is 13.5. The van der Waals surface area contributed by atoms with Crippen molar-refractivity contribution in [2.45, 2.75) is 51.4 Å². The number of ketones is 1. The minimum atomic E-state index is -1.45. The Labute approximate surface area is 295 Å². The zero-order valence-corrected chi connectivity index (χ0v) is 29.2. The number of carbonyl (C=O) groups excluding carboxylic acids is 3. The quantitative estimate of drug-likeness (QED) is 0.125. The van der Waals surface area contributed by atoms with E-state index in [9.17, 15) is 4.79 Å². The van der Waals surface area contributed by atoms with E-state index in [1.54, 1.807) is 0 Å². The minimum absolute atomic E-state index is 0.0547. The van der Waals surface area contributed by atoms with Crippen molar-refractivity contribution in [1.82, 2.24) is 0 Å². The van der Waals surface area contributed by atoms with Crippen LogP contribution in [0.15, 0.2) is 133 Å². The van der Waals surface area contributed by atoms with Gasteiger partial charge in [-0.05, 0) is 59.6 Å². The summed E-state index contributed by atoms with van der Waals surface area (Å²) in [4.78, 5) is 46.0. The Bertz CT molecular complexity index is 1970. The lowest BCUT2D eigenvalue weighted by Crippen LogP contribution is -2.68. The average Bonchev–Trinajstić information content (AvgIpc) is 3.52. The van der Waals surface area contributed by atoms with Crippen molar-refractivity contribution >= 4 is 28.9 Å². The van der Waals surface area contributed by atoms with Crippen molar-refractivity contribution in [3.63, 3.8) is 0 Å². The summed E-state index contributed by atoms with van der Waals surface area (Å²) in [5.41, 5.74) is 1.90. The maximum Gasteiger partial charge on any atom is 0.313 e. The molecule has 2 fully saturated rings. The van der Waals surface area contributed by atoms with E-state index >= 15 is 9.59 Å². The molecule has 254 valence electrons. The Morgan fingerprint density at radius 1 is 0.640 bits per heavy atom. The third-order valence-electron chi connectivity index (χ3n) is 11.5. The first kappa shape index (κ1) is 33.5. The van der Waals surface area contributed by atoms with Crippen LogP contribution >= 0.6 is 0 Å². The molecule has 0 amide bonds. The minimum Gasteiger partial charge on any atom is -0.466 e. The lowest BCUT2D eigenvalue weighted by molar-refractivity contribution is -0.171. The Kier molecular flexibility index (Phi) is 8.71. The van der Waals surface area contributed by atoms with Crippen LogP contribution in [0.2, 0.25) is 0 Å². The van der Waals surface area contributed by atoms with E-state index in [2.05, 4.69) is 25.1 Å². The first-order valence-corrected chi connectivity index (χ1v) is 18.0. The first-order valence-electron chi connectivity index (χ1n) is 18.0. The Morgan fingerprint density at radius 2 is 1.12 bits per heavy atom. The van der Waals surface area contributed by atoms with E-state index in [0.29, 0.717) is 12.8 Å². The smallest absolute Gasteiger partial charge is 0.313 e. The lowest BCUT2D eigenvalue weighted by atomic mass is 9.34. The highest BCUT2D eigenvalue weighted by Gasteiger charge is 2.90. The Morgan fingerprint density at radius 3 is 1.62 bits per heavy atom. The molecule has 5 heteroatoms. The average molecular weight is 665 g/mol. The van der Waals surface area contributed by atoms with Gasteiger partial charge in [-0.1, -0.05) is 153 Å². The van der Waals surface area contributed by atoms with Gasteiger partial charge in [0.15, 0.2) is 5.78 Å². The van der Waals surface area contributed by atoms with Crippen molar-refractivity contribution in [3.8, 4) is 0 Å². The summed E-state index contributed by atoms with van der Waals surface area (Å²) >= 11 is 0. The maximum absolute atomic E-state index is 16.7. The topological polar surface area (TPSA) is 69.7 Å². The van der Waals surface area contributed by atoms with Crippen molar-refractivity contribution in [2.24, 2.45) is 23.2 Å². The fraction of sp³-hybridized carbons (Fsp3) is 0.311. The summed E-state index contributed by atoms with van der Waals surface area (Å²) in [5, 5.41) is 0. The fourth-order valence-corrected chi connectivity index (χ4v) is 10.3. The number of hydrogen-bond donors (Lipinski definition) is 0. The molecule has 1 spiro atoms. The standard InChI is InChI=1S/C45H44O5/c1-5-21-35-36(40(46)49-7-3)34(6-2)45(35)39(41(47)50-8-4)43(32-26-17-11-18-27-32)37(30-22-13-9-14-23-30)38(31-24-15-10-16-25-31)44(45,42(43)48)33-28-19-12-20-29-33/h9-29,34,36,39H,5-8H2,1-4H3/b35-21+. The zero-order chi connectivity index (χ0) is 35.1. The van der Waals surface area contributed by atoms with Gasteiger partial charge in [0.1, 0.15) is 0 Å². The monoisotopic (exact) mass is 664 g/mol. The van der Waals surface area contributed by atoms with Gasteiger partial charge >= 0.3 is 11.9 Å². The molecule has 0 radical (unpaired) electrons. The first-order chi connectivity index (χ1) is 24.4. The Hall–Kier alpha value is -5.03. The van der Waals surface area contributed by atoms with Crippen LogP contribution in [0.1, 0.15) is 62.8 Å². The van der Waals surface area contributed by atoms with E-state index in [4.69, 9.17) is 9.47 Å². The van der Waals surface area contributed by atoms with Crippen LogP contribution in [0.25, 0.3) is 11.1 Å². The van der Waals surface area contributed by atoms with E-state index in [1.807, 2.05) is 130 Å². The molecule has 2 saturated carbocycles. The van der Waals surface area contributed by atoms with E-state index in [0.717, 1.165) is 39.0 Å². The molecule has 4 aromatic carbocycles. The second kappa shape index (κ2) is 13.0. The third-order valence-corrected chi connectivity index (χ3v) is 11.5. The molecule has 5 nitrogen and oxygen atoms in total. The predicted octanol–water partition coefficient (Wildman–Crippen LogP) is 8.79. The number of allylic oxidation sites excluding steroid dienone is 3. The molecule has 3 aliphatic carbocycles. The van der Waals surface area contributed by atoms with Crippen LogP contribution in [0.3, 0.4) is 0 Å². The van der Waals surface area contributed by atoms with Crippen LogP contribution < -0.4 is 0 Å². The summed E-state index contributed by atoms with van der Waals surface area (Å²) in [6, 6.07) is 40.0. The highest BCUT2D eigenvalue weighted by atomic mass is 16.5. The van der Waals surface area contributed by atoms with E-state index in [-0.39, 0.29) is 25.0 Å². The number of rotatable bonds is 10. The summed E-state index contributed by atoms with van der Waals surface area (Å²) in [5.74, 6) is -2.77. The van der Waals surface area contributed by atoms with Gasteiger partial charge in [0.2, 0.25) is 0 Å². The van der Waals surface area contributed by atoms with Crippen LogP contribution in [-0.2, 0) is 34.7 Å². The highest BCUT2D eigenvalue weighted by Crippen LogP contribution is 2.85. The van der Waals surface area contributed by atoms with Gasteiger partial charge in [-0.2, -0.15) is 0 Å². The lowest BCUT2D eigenvalue weighted by Gasteiger charge is -2.66. The van der Waals surface area contributed by atoms with Gasteiger partial charge in [0, 0.05) is 5.41 Å². The molecule has 0 heterocycles. The highest BCUT2D eigenvalue weighted by molar-refractivity contribution is 6.32. The summed E-state index contributed by atoms with van der Waals surface area (Å²) in [7, 11) is 0. The fourth-order valence-electron chi connectivity index (χ4n) is 10.3. The predicted molar refractivity (Wildman–Crippen MR) is 196 cm³/mol. The number of benzene rings is 4. The molecule has 50 heavy (non-hydrogen) atoms. The summed E-state index contributed by atoms with van der Waals surface area (Å²) in [6.45, 7) is 8.14. The molecule has 0 aromatic heterocycles.